The molecule has 3 N–H and O–H groups in total. The van der Waals surface area contributed by atoms with Crippen molar-refractivity contribution in [3.05, 3.63) is 130 Å². The molecule has 0 bridgehead atoms. The highest BCUT2D eigenvalue weighted by Crippen LogP contribution is 2.36. The Morgan fingerprint density at radius 3 is 1.98 bits per heavy atom. The van der Waals surface area contributed by atoms with Crippen LogP contribution < -0.4 is 16.0 Å². The van der Waals surface area contributed by atoms with E-state index >= 15 is 0 Å². The third-order valence-electron chi connectivity index (χ3n) is 7.75. The zero-order valence-corrected chi connectivity index (χ0v) is 23.8. The Labute approximate surface area is 249 Å². The van der Waals surface area contributed by atoms with Gasteiger partial charge >= 0.3 is 0 Å². The van der Waals surface area contributed by atoms with Crippen molar-refractivity contribution in [3.8, 4) is 0 Å². The van der Waals surface area contributed by atoms with Crippen molar-refractivity contribution in [1.82, 2.24) is 9.97 Å². The van der Waals surface area contributed by atoms with E-state index in [0.717, 1.165) is 65.0 Å². The molecule has 1 aliphatic rings. The summed E-state index contributed by atoms with van der Waals surface area (Å²) in [7, 11) is 0. The number of halogens is 2. The Bertz CT molecular complexity index is 1620. The monoisotopic (exact) mass is 581 g/mol. The normalized spacial score (nSPS) is 14.0. The predicted octanol–water partition coefficient (Wildman–Crippen LogP) is 7.30. The number of aromatic nitrogens is 2. The maximum Gasteiger partial charge on any atom is 0.248 e. The van der Waals surface area contributed by atoms with Crippen LogP contribution in [0.25, 0.3) is 10.9 Å². The molecular formula is C33H29Cl2N5O. The van der Waals surface area contributed by atoms with Gasteiger partial charge in [-0.25, -0.2) is 9.97 Å². The molecule has 0 radical (unpaired) electrons. The number of nitrogens with zero attached hydrogens (tertiary/aromatic N) is 3. The van der Waals surface area contributed by atoms with Crippen molar-refractivity contribution in [2.24, 2.45) is 5.73 Å². The zero-order valence-electron chi connectivity index (χ0n) is 22.3. The molecule has 1 aromatic heterocycles. The molecule has 6 rings (SSSR count). The molecule has 0 atom stereocenters. The second-order valence-corrected chi connectivity index (χ2v) is 11.2. The first kappa shape index (κ1) is 27.1. The summed E-state index contributed by atoms with van der Waals surface area (Å²) in [5, 5.41) is 6.10. The van der Waals surface area contributed by atoms with E-state index in [-0.39, 0.29) is 12.0 Å². The lowest BCUT2D eigenvalue weighted by Crippen LogP contribution is -2.39. The predicted molar refractivity (Wildman–Crippen MR) is 167 cm³/mol. The van der Waals surface area contributed by atoms with Gasteiger partial charge in [0.2, 0.25) is 5.91 Å². The number of piperidine rings is 1. The second-order valence-electron chi connectivity index (χ2n) is 10.4. The average molecular weight is 583 g/mol. The molecule has 1 amide bonds. The van der Waals surface area contributed by atoms with Gasteiger partial charge in [0.1, 0.15) is 12.1 Å². The first-order valence-electron chi connectivity index (χ1n) is 13.6. The Morgan fingerprint density at radius 1 is 0.805 bits per heavy atom. The summed E-state index contributed by atoms with van der Waals surface area (Å²) in [4.78, 5) is 22.9. The fraction of sp³-hybridized carbons (Fsp3) is 0.182. The number of primary amides is 1. The summed E-state index contributed by atoms with van der Waals surface area (Å²) in [6.45, 7) is 1.80. The molecule has 206 valence electrons. The number of rotatable bonds is 7. The lowest BCUT2D eigenvalue weighted by atomic mass is 9.84. The van der Waals surface area contributed by atoms with Gasteiger partial charge in [-0.05, 0) is 90.2 Å². The minimum atomic E-state index is -0.410. The number of carbonyl (C=O) groups is 1. The molecule has 0 unspecified atom stereocenters. The largest absolute Gasteiger partial charge is 0.371 e. The molecule has 41 heavy (non-hydrogen) atoms. The van der Waals surface area contributed by atoms with Gasteiger partial charge in [0, 0.05) is 51.7 Å². The molecule has 1 saturated heterocycles. The van der Waals surface area contributed by atoms with Gasteiger partial charge in [0.25, 0.3) is 0 Å². The number of benzene rings is 4. The van der Waals surface area contributed by atoms with Crippen LogP contribution in [0.5, 0.6) is 0 Å². The van der Waals surface area contributed by atoms with Crippen molar-refractivity contribution in [2.45, 2.75) is 24.8 Å². The smallest absolute Gasteiger partial charge is 0.248 e. The van der Waals surface area contributed by atoms with Crippen molar-refractivity contribution >= 4 is 51.5 Å². The number of carbonyl (C=O) groups excluding carboxylic acids is 1. The van der Waals surface area contributed by atoms with E-state index < -0.39 is 5.91 Å². The Hall–Kier alpha value is -4.13. The van der Waals surface area contributed by atoms with E-state index in [1.807, 2.05) is 36.4 Å². The van der Waals surface area contributed by atoms with Crippen LogP contribution in [0.4, 0.5) is 11.5 Å². The molecule has 4 aromatic carbocycles. The number of fused-ring (bicyclic) bond motifs is 1. The van der Waals surface area contributed by atoms with E-state index in [1.165, 1.54) is 0 Å². The van der Waals surface area contributed by atoms with Crippen molar-refractivity contribution < 1.29 is 4.79 Å². The van der Waals surface area contributed by atoms with Gasteiger partial charge in [-0.3, -0.25) is 4.79 Å². The van der Waals surface area contributed by atoms with E-state index in [0.29, 0.717) is 15.6 Å². The highest BCUT2D eigenvalue weighted by molar-refractivity contribution is 6.30. The van der Waals surface area contributed by atoms with Crippen LogP contribution in [0.1, 0.15) is 45.8 Å². The van der Waals surface area contributed by atoms with Gasteiger partial charge in [-0.1, -0.05) is 53.5 Å². The van der Waals surface area contributed by atoms with Crippen LogP contribution in [-0.4, -0.2) is 35.0 Å². The molecular weight excluding hydrogens is 553 g/mol. The van der Waals surface area contributed by atoms with Gasteiger partial charge in [0.15, 0.2) is 0 Å². The Balaban J connectivity index is 1.25. The van der Waals surface area contributed by atoms with E-state index in [9.17, 15) is 4.79 Å². The fourth-order valence-electron chi connectivity index (χ4n) is 5.57. The van der Waals surface area contributed by atoms with Crippen LogP contribution in [-0.2, 0) is 0 Å². The molecule has 0 saturated carbocycles. The van der Waals surface area contributed by atoms with Crippen molar-refractivity contribution in [2.75, 3.05) is 23.3 Å². The summed E-state index contributed by atoms with van der Waals surface area (Å²) >= 11 is 12.4. The zero-order chi connectivity index (χ0) is 28.3. The molecule has 0 spiro atoms. The molecule has 5 aromatic rings. The minimum Gasteiger partial charge on any atom is -0.371 e. The molecule has 8 heteroatoms. The number of hydrogen-bond donors (Lipinski definition) is 2. The van der Waals surface area contributed by atoms with E-state index in [1.54, 1.807) is 18.5 Å². The molecule has 2 heterocycles. The molecule has 6 nitrogen and oxygen atoms in total. The van der Waals surface area contributed by atoms with Gasteiger partial charge in [-0.2, -0.15) is 0 Å². The fourth-order valence-corrected chi connectivity index (χ4v) is 5.82. The Morgan fingerprint density at radius 2 is 1.39 bits per heavy atom. The second kappa shape index (κ2) is 11.8. The highest BCUT2D eigenvalue weighted by atomic mass is 35.5. The first-order valence-corrected chi connectivity index (χ1v) is 14.4. The van der Waals surface area contributed by atoms with Gasteiger partial charge in [0.05, 0.1) is 5.52 Å². The van der Waals surface area contributed by atoms with E-state index in [2.05, 4.69) is 62.6 Å². The molecule has 1 aliphatic heterocycles. The summed E-state index contributed by atoms with van der Waals surface area (Å²) < 4.78 is 0. The van der Waals surface area contributed by atoms with Crippen LogP contribution in [0.2, 0.25) is 10.0 Å². The number of nitrogens with one attached hydrogen (secondary N) is 1. The van der Waals surface area contributed by atoms with Crippen molar-refractivity contribution in [3.63, 3.8) is 0 Å². The number of amides is 1. The SMILES string of the molecule is NC(=O)c1ccc(N2CCC(Nc3ncnc4ccc(C(c5ccc(Cl)cc5)c5ccc(Cl)cc5)cc34)CC2)cc1. The summed E-state index contributed by atoms with van der Waals surface area (Å²) in [5.41, 5.74) is 11.3. The first-order chi connectivity index (χ1) is 19.9. The topological polar surface area (TPSA) is 84.1 Å². The number of hydrogen-bond acceptors (Lipinski definition) is 5. The van der Waals surface area contributed by atoms with Crippen LogP contribution in [0.3, 0.4) is 0 Å². The quantitative estimate of drug-likeness (QED) is 0.197. The number of nitrogens with two attached hydrogens (primary N) is 1. The number of anilines is 2. The summed E-state index contributed by atoms with van der Waals surface area (Å²) in [5.74, 6) is 0.422. The maximum atomic E-state index is 11.4. The van der Waals surface area contributed by atoms with Crippen LogP contribution >= 0.6 is 23.2 Å². The summed E-state index contributed by atoms with van der Waals surface area (Å²) in [6.07, 6.45) is 3.54. The lowest BCUT2D eigenvalue weighted by molar-refractivity contribution is 0.100. The lowest BCUT2D eigenvalue weighted by Gasteiger charge is -2.34. The van der Waals surface area contributed by atoms with Gasteiger partial charge in [-0.15, -0.1) is 0 Å². The standard InChI is InChI=1S/C33H29Cl2N5O/c34-25-8-1-21(2-9-25)31(22-3-10-26(35)11-4-22)24-7-14-30-29(19-24)33(38-20-37-30)39-27-15-17-40(18-16-27)28-12-5-23(6-13-28)32(36)41/h1-14,19-20,27,31H,15-18H2,(H2,36,41)(H,37,38,39). The van der Waals surface area contributed by atoms with Crippen LogP contribution in [0, 0.1) is 0 Å². The van der Waals surface area contributed by atoms with Crippen molar-refractivity contribution in [1.29, 1.82) is 0 Å². The third-order valence-corrected chi connectivity index (χ3v) is 8.26. The highest BCUT2D eigenvalue weighted by Gasteiger charge is 2.22. The van der Waals surface area contributed by atoms with Gasteiger partial charge < -0.3 is 16.0 Å². The molecule has 0 aliphatic carbocycles. The molecule has 1 fully saturated rings. The van der Waals surface area contributed by atoms with Crippen LogP contribution in [0.15, 0.2) is 97.3 Å². The maximum absolute atomic E-state index is 11.4. The minimum absolute atomic E-state index is 0.00817. The Kier molecular flexibility index (Phi) is 7.77. The third kappa shape index (κ3) is 5.99. The van der Waals surface area contributed by atoms with E-state index in [4.69, 9.17) is 28.9 Å². The summed E-state index contributed by atoms with van der Waals surface area (Å²) in [6, 6.07) is 30.2. The average Bonchev–Trinajstić information content (AvgIpc) is 3.00.